The summed E-state index contributed by atoms with van der Waals surface area (Å²) < 4.78 is 17.1. The highest BCUT2D eigenvalue weighted by atomic mass is 16.5. The van der Waals surface area contributed by atoms with Gasteiger partial charge in [-0.1, -0.05) is 12.1 Å². The van der Waals surface area contributed by atoms with Crippen molar-refractivity contribution >= 4 is 5.91 Å². The van der Waals surface area contributed by atoms with Gasteiger partial charge in [0.2, 0.25) is 0 Å². The number of hydrogen-bond acceptors (Lipinski definition) is 4. The Morgan fingerprint density at radius 2 is 2.00 bits per heavy atom. The van der Waals surface area contributed by atoms with E-state index in [0.29, 0.717) is 6.42 Å². The minimum absolute atomic E-state index is 0.0264. The van der Waals surface area contributed by atoms with Gasteiger partial charge in [-0.3, -0.25) is 4.79 Å². The van der Waals surface area contributed by atoms with Gasteiger partial charge in [0, 0.05) is 12.0 Å². The van der Waals surface area contributed by atoms with Crippen molar-refractivity contribution in [3.63, 3.8) is 0 Å². The monoisotopic (exact) mass is 369 g/mol. The number of aryl methyl sites for hydroxylation is 2. The molecule has 0 aromatic heterocycles. The average Bonchev–Trinajstić information content (AvgIpc) is 2.61. The summed E-state index contributed by atoms with van der Waals surface area (Å²) in [6.07, 6.45) is 0.669. The van der Waals surface area contributed by atoms with Crippen LogP contribution >= 0.6 is 0 Å². The predicted octanol–water partition coefficient (Wildman–Crippen LogP) is 4.11. The second-order valence-electron chi connectivity index (χ2n) is 7.65. The van der Waals surface area contributed by atoms with Crippen LogP contribution in [0.2, 0.25) is 0 Å². The van der Waals surface area contributed by atoms with Crippen molar-refractivity contribution in [3.8, 4) is 17.2 Å². The van der Waals surface area contributed by atoms with Gasteiger partial charge in [-0.15, -0.1) is 0 Å². The van der Waals surface area contributed by atoms with E-state index < -0.39 is 0 Å². The first-order valence-electron chi connectivity index (χ1n) is 9.14. The number of nitrogens with one attached hydrogen (secondary N) is 1. The van der Waals surface area contributed by atoms with Crippen molar-refractivity contribution < 1.29 is 19.0 Å². The lowest BCUT2D eigenvalue weighted by Crippen LogP contribution is -2.42. The smallest absolute Gasteiger partial charge is 0.258 e. The largest absolute Gasteiger partial charge is 0.497 e. The molecule has 0 aliphatic carbocycles. The average molecular weight is 369 g/mol. The molecule has 0 fully saturated rings. The minimum Gasteiger partial charge on any atom is -0.497 e. The molecular weight excluding hydrogens is 342 g/mol. The van der Waals surface area contributed by atoms with Gasteiger partial charge in [-0.25, -0.2) is 0 Å². The Hall–Kier alpha value is -2.69. The molecule has 2 aromatic rings. The van der Waals surface area contributed by atoms with Crippen LogP contribution in [0.1, 0.15) is 43.0 Å². The van der Waals surface area contributed by atoms with Crippen LogP contribution in [0.3, 0.4) is 0 Å². The van der Waals surface area contributed by atoms with Gasteiger partial charge in [0.1, 0.15) is 22.8 Å². The molecule has 2 aromatic carbocycles. The number of fused-ring (bicyclic) bond motifs is 1. The summed E-state index contributed by atoms with van der Waals surface area (Å²) >= 11 is 0. The number of benzene rings is 2. The molecule has 0 radical (unpaired) electrons. The summed E-state index contributed by atoms with van der Waals surface area (Å²) in [5.41, 5.74) is 2.67. The van der Waals surface area contributed by atoms with Crippen LogP contribution in [-0.4, -0.2) is 25.2 Å². The van der Waals surface area contributed by atoms with Gasteiger partial charge in [-0.2, -0.15) is 0 Å². The molecule has 0 bridgehead atoms. The molecule has 5 nitrogen and oxygen atoms in total. The Labute approximate surface area is 160 Å². The zero-order chi connectivity index (χ0) is 19.6. The Morgan fingerprint density at radius 3 is 2.74 bits per heavy atom. The molecule has 1 amide bonds. The van der Waals surface area contributed by atoms with Crippen molar-refractivity contribution in [2.24, 2.45) is 0 Å². The molecule has 5 heteroatoms. The van der Waals surface area contributed by atoms with E-state index in [1.807, 2.05) is 64.1 Å². The molecule has 0 saturated carbocycles. The van der Waals surface area contributed by atoms with Crippen molar-refractivity contribution in [1.29, 1.82) is 0 Å². The van der Waals surface area contributed by atoms with E-state index in [2.05, 4.69) is 5.32 Å². The number of rotatable bonds is 5. The number of hydrogen-bond donors (Lipinski definition) is 1. The van der Waals surface area contributed by atoms with Crippen molar-refractivity contribution in [3.05, 3.63) is 53.1 Å². The maximum Gasteiger partial charge on any atom is 0.258 e. The second-order valence-corrected chi connectivity index (χ2v) is 7.65. The van der Waals surface area contributed by atoms with Crippen LogP contribution in [0, 0.1) is 13.8 Å². The topological polar surface area (TPSA) is 56.8 Å². The van der Waals surface area contributed by atoms with Gasteiger partial charge in [0.25, 0.3) is 5.91 Å². The maximum atomic E-state index is 12.5. The highest BCUT2D eigenvalue weighted by Crippen LogP contribution is 2.41. The van der Waals surface area contributed by atoms with Crippen molar-refractivity contribution in [1.82, 2.24) is 5.32 Å². The van der Waals surface area contributed by atoms with E-state index in [1.54, 1.807) is 7.11 Å². The van der Waals surface area contributed by atoms with Crippen LogP contribution in [0.15, 0.2) is 36.4 Å². The summed E-state index contributed by atoms with van der Waals surface area (Å²) in [7, 11) is 1.63. The van der Waals surface area contributed by atoms with Crippen LogP contribution in [-0.2, 0) is 4.79 Å². The summed E-state index contributed by atoms with van der Waals surface area (Å²) in [5, 5.41) is 3.09. The maximum absolute atomic E-state index is 12.5. The van der Waals surface area contributed by atoms with Crippen LogP contribution in [0.5, 0.6) is 17.2 Å². The lowest BCUT2D eigenvalue weighted by Gasteiger charge is -2.38. The van der Waals surface area contributed by atoms with Gasteiger partial charge < -0.3 is 19.5 Å². The molecule has 0 saturated heterocycles. The second kappa shape index (κ2) is 7.51. The van der Waals surface area contributed by atoms with Gasteiger partial charge in [0.05, 0.1) is 13.2 Å². The summed E-state index contributed by atoms with van der Waals surface area (Å²) in [6.45, 7) is 7.98. The highest BCUT2D eigenvalue weighted by Gasteiger charge is 2.34. The number of carbonyl (C=O) groups is 1. The molecular formula is C22H27NO4. The third-order valence-electron chi connectivity index (χ3n) is 4.71. The number of carbonyl (C=O) groups excluding carboxylic acids is 1. The number of methoxy groups -OCH3 is 1. The lowest BCUT2D eigenvalue weighted by atomic mass is 9.89. The standard InChI is InChI=1S/C22H27NO4/c1-14-6-7-15(2)20(10-14)26-13-21(24)23-18-12-22(3,4)27-19-9-8-16(25-5)11-17(18)19/h6-11,18H,12-13H2,1-5H3,(H,23,24). The fourth-order valence-corrected chi connectivity index (χ4v) is 3.33. The first-order chi connectivity index (χ1) is 12.8. The normalized spacial score (nSPS) is 17.4. The molecule has 1 heterocycles. The van der Waals surface area contributed by atoms with Crippen LogP contribution in [0.25, 0.3) is 0 Å². The molecule has 144 valence electrons. The van der Waals surface area contributed by atoms with Crippen LogP contribution in [0.4, 0.5) is 0 Å². The van der Waals surface area contributed by atoms with Crippen LogP contribution < -0.4 is 19.5 Å². The van der Waals surface area contributed by atoms with E-state index in [0.717, 1.165) is 33.9 Å². The summed E-state index contributed by atoms with van der Waals surface area (Å²) in [4.78, 5) is 12.5. The van der Waals surface area contributed by atoms with E-state index in [-0.39, 0.29) is 24.2 Å². The highest BCUT2D eigenvalue weighted by molar-refractivity contribution is 5.78. The third-order valence-corrected chi connectivity index (χ3v) is 4.71. The fourth-order valence-electron chi connectivity index (χ4n) is 3.33. The minimum atomic E-state index is -0.368. The first kappa shape index (κ1) is 19.1. The predicted molar refractivity (Wildman–Crippen MR) is 105 cm³/mol. The molecule has 1 N–H and O–H groups in total. The quantitative estimate of drug-likeness (QED) is 0.862. The first-order valence-corrected chi connectivity index (χ1v) is 9.14. The van der Waals surface area contributed by atoms with Gasteiger partial charge >= 0.3 is 0 Å². The zero-order valence-electron chi connectivity index (χ0n) is 16.6. The number of ether oxygens (including phenoxy) is 3. The molecule has 3 rings (SSSR count). The zero-order valence-corrected chi connectivity index (χ0v) is 16.6. The molecule has 1 unspecified atom stereocenters. The third kappa shape index (κ3) is 4.54. The Kier molecular flexibility index (Phi) is 5.31. The molecule has 1 aliphatic heterocycles. The molecule has 0 spiro atoms. The van der Waals surface area contributed by atoms with Gasteiger partial charge in [0.15, 0.2) is 6.61 Å². The molecule has 1 atom stereocenters. The SMILES string of the molecule is COc1ccc2c(c1)C(NC(=O)COc1cc(C)ccc1C)CC(C)(C)O2. The Balaban J connectivity index is 1.72. The summed E-state index contributed by atoms with van der Waals surface area (Å²) in [5.74, 6) is 2.09. The Morgan fingerprint density at radius 1 is 1.22 bits per heavy atom. The van der Waals surface area contributed by atoms with E-state index in [4.69, 9.17) is 14.2 Å². The van der Waals surface area contributed by atoms with E-state index in [1.165, 1.54) is 0 Å². The van der Waals surface area contributed by atoms with Crippen molar-refractivity contribution in [2.75, 3.05) is 13.7 Å². The lowest BCUT2D eigenvalue weighted by molar-refractivity contribution is -0.124. The summed E-state index contributed by atoms with van der Waals surface area (Å²) in [6, 6.07) is 11.5. The van der Waals surface area contributed by atoms with Gasteiger partial charge in [-0.05, 0) is 63.1 Å². The molecule has 1 aliphatic rings. The molecule has 27 heavy (non-hydrogen) atoms. The fraction of sp³-hybridized carbons (Fsp3) is 0.409. The van der Waals surface area contributed by atoms with Crippen molar-refractivity contribution in [2.45, 2.75) is 45.8 Å². The van der Waals surface area contributed by atoms with E-state index in [9.17, 15) is 4.79 Å². The van der Waals surface area contributed by atoms with E-state index >= 15 is 0 Å². The Bertz CT molecular complexity index is 844. The number of amides is 1.